The largest absolute Gasteiger partial charge is 0.457 e. The molecule has 0 aliphatic rings. The first kappa shape index (κ1) is 13.1. The molecular weight excluding hydrogens is 299 g/mol. The normalized spacial score (nSPS) is 12.2. The maximum Gasteiger partial charge on any atom is 0.133 e. The van der Waals surface area contributed by atoms with Gasteiger partial charge in [-0.1, -0.05) is 34.1 Å². The Bertz CT molecular complexity index is 535. The van der Waals surface area contributed by atoms with Gasteiger partial charge in [-0.2, -0.15) is 0 Å². The molecule has 0 unspecified atom stereocenters. The summed E-state index contributed by atoms with van der Waals surface area (Å²) < 4.78 is 19.4. The average Bonchev–Trinajstić information content (AvgIpc) is 2.27. The van der Waals surface area contributed by atoms with Crippen molar-refractivity contribution in [1.29, 1.82) is 0 Å². The topological polar surface area (TPSA) is 29.5 Å². The zero-order valence-corrected chi connectivity index (χ0v) is 11.3. The number of aliphatic hydroxyl groups is 1. The number of benzene rings is 2. The first-order valence-electron chi connectivity index (χ1n) is 5.47. The third-order valence-electron chi connectivity index (χ3n) is 2.43. The van der Waals surface area contributed by atoms with Crippen LogP contribution in [0.4, 0.5) is 4.39 Å². The Morgan fingerprint density at radius 2 is 1.94 bits per heavy atom. The van der Waals surface area contributed by atoms with Crippen molar-refractivity contribution >= 4 is 15.9 Å². The minimum absolute atomic E-state index is 0.381. The maximum atomic E-state index is 13.2. The van der Waals surface area contributed by atoms with Crippen LogP contribution < -0.4 is 4.74 Å². The molecule has 2 aromatic rings. The summed E-state index contributed by atoms with van der Waals surface area (Å²) in [5, 5.41) is 9.63. The zero-order chi connectivity index (χ0) is 13.1. The number of aliphatic hydroxyl groups excluding tert-OH is 1. The van der Waals surface area contributed by atoms with Crippen LogP contribution in [-0.4, -0.2) is 5.11 Å². The van der Waals surface area contributed by atoms with E-state index in [1.54, 1.807) is 31.2 Å². The Balaban J connectivity index is 2.34. The predicted molar refractivity (Wildman–Crippen MR) is 71.2 cm³/mol. The molecule has 0 saturated heterocycles. The highest BCUT2D eigenvalue weighted by Gasteiger charge is 2.09. The first-order chi connectivity index (χ1) is 8.56. The Labute approximate surface area is 113 Å². The fourth-order valence-corrected chi connectivity index (χ4v) is 2.08. The second kappa shape index (κ2) is 5.50. The highest BCUT2D eigenvalue weighted by molar-refractivity contribution is 9.10. The molecule has 0 aliphatic heterocycles. The van der Waals surface area contributed by atoms with Crippen LogP contribution in [0.3, 0.4) is 0 Å². The van der Waals surface area contributed by atoms with Crippen molar-refractivity contribution in [3.63, 3.8) is 0 Å². The van der Waals surface area contributed by atoms with E-state index in [9.17, 15) is 9.50 Å². The molecule has 0 amide bonds. The van der Waals surface area contributed by atoms with Gasteiger partial charge >= 0.3 is 0 Å². The summed E-state index contributed by atoms with van der Waals surface area (Å²) in [4.78, 5) is 0. The van der Waals surface area contributed by atoms with Gasteiger partial charge in [-0.15, -0.1) is 0 Å². The van der Waals surface area contributed by atoms with Gasteiger partial charge in [0.1, 0.15) is 17.3 Å². The number of hydrogen-bond donors (Lipinski definition) is 1. The quantitative estimate of drug-likeness (QED) is 0.908. The molecule has 2 rings (SSSR count). The van der Waals surface area contributed by atoms with Gasteiger partial charge in [0.15, 0.2) is 0 Å². The van der Waals surface area contributed by atoms with Crippen molar-refractivity contribution in [2.75, 3.05) is 0 Å². The lowest BCUT2D eigenvalue weighted by Gasteiger charge is -2.13. The lowest BCUT2D eigenvalue weighted by atomic mass is 10.1. The summed E-state index contributed by atoms with van der Waals surface area (Å²) in [6.45, 7) is 1.66. The van der Waals surface area contributed by atoms with Crippen molar-refractivity contribution in [2.24, 2.45) is 0 Å². The third kappa shape index (κ3) is 3.09. The lowest BCUT2D eigenvalue weighted by molar-refractivity contribution is 0.195. The highest BCUT2D eigenvalue weighted by atomic mass is 79.9. The van der Waals surface area contributed by atoms with Gasteiger partial charge in [-0.25, -0.2) is 4.39 Å². The van der Waals surface area contributed by atoms with E-state index in [0.717, 1.165) is 0 Å². The summed E-state index contributed by atoms with van der Waals surface area (Å²) >= 11 is 3.20. The molecule has 0 aromatic heterocycles. The van der Waals surface area contributed by atoms with Crippen LogP contribution in [-0.2, 0) is 0 Å². The van der Waals surface area contributed by atoms with Gasteiger partial charge in [-0.3, -0.25) is 0 Å². The maximum absolute atomic E-state index is 13.2. The molecule has 0 fully saturated rings. The summed E-state index contributed by atoms with van der Waals surface area (Å²) in [5.74, 6) is 0.522. The fraction of sp³-hybridized carbons (Fsp3) is 0.143. The summed E-state index contributed by atoms with van der Waals surface area (Å²) in [5.41, 5.74) is 0.665. The van der Waals surface area contributed by atoms with E-state index in [0.29, 0.717) is 21.5 Å². The number of rotatable bonds is 3. The zero-order valence-electron chi connectivity index (χ0n) is 9.73. The van der Waals surface area contributed by atoms with Crippen molar-refractivity contribution in [3.05, 3.63) is 58.3 Å². The SMILES string of the molecule is C[C@H](O)c1ccccc1Oc1cc(F)cc(Br)c1. The van der Waals surface area contributed by atoms with E-state index in [1.165, 1.54) is 12.1 Å². The second-order valence-electron chi connectivity index (χ2n) is 3.92. The number of ether oxygens (including phenoxy) is 1. The minimum atomic E-state index is -0.641. The Kier molecular flexibility index (Phi) is 3.99. The van der Waals surface area contributed by atoms with E-state index in [1.807, 2.05) is 6.07 Å². The Morgan fingerprint density at radius 1 is 1.22 bits per heavy atom. The van der Waals surface area contributed by atoms with Gasteiger partial charge < -0.3 is 9.84 Å². The van der Waals surface area contributed by atoms with Crippen LogP contribution in [0.25, 0.3) is 0 Å². The lowest BCUT2D eigenvalue weighted by Crippen LogP contribution is -1.96. The molecule has 0 bridgehead atoms. The summed E-state index contributed by atoms with van der Waals surface area (Å²) in [6.07, 6.45) is -0.641. The molecule has 0 aliphatic carbocycles. The molecule has 2 aromatic carbocycles. The van der Waals surface area contributed by atoms with Gasteiger partial charge in [-0.05, 0) is 25.1 Å². The highest BCUT2D eigenvalue weighted by Crippen LogP contribution is 2.31. The van der Waals surface area contributed by atoms with Crippen LogP contribution in [0, 0.1) is 5.82 Å². The second-order valence-corrected chi connectivity index (χ2v) is 4.84. The standard InChI is InChI=1S/C14H12BrFO2/c1-9(17)13-4-2-3-5-14(13)18-12-7-10(15)6-11(16)8-12/h2-9,17H,1H3/t9-/m0/s1. The predicted octanol–water partition coefficient (Wildman–Crippen LogP) is 4.43. The molecule has 18 heavy (non-hydrogen) atoms. The van der Waals surface area contributed by atoms with E-state index in [-0.39, 0.29) is 5.82 Å². The fourth-order valence-electron chi connectivity index (χ4n) is 1.63. The molecule has 2 nitrogen and oxygen atoms in total. The summed E-state index contributed by atoms with van der Waals surface area (Å²) in [6, 6.07) is 11.4. The van der Waals surface area contributed by atoms with Gasteiger partial charge in [0.2, 0.25) is 0 Å². The number of para-hydroxylation sites is 1. The van der Waals surface area contributed by atoms with Gasteiger partial charge in [0, 0.05) is 16.1 Å². The van der Waals surface area contributed by atoms with E-state index < -0.39 is 6.10 Å². The van der Waals surface area contributed by atoms with Crippen LogP contribution in [0.5, 0.6) is 11.5 Å². The number of halogens is 2. The molecule has 0 heterocycles. The van der Waals surface area contributed by atoms with E-state index in [4.69, 9.17) is 4.74 Å². The van der Waals surface area contributed by atoms with E-state index >= 15 is 0 Å². The van der Waals surface area contributed by atoms with Crippen molar-refractivity contribution in [2.45, 2.75) is 13.0 Å². The summed E-state index contributed by atoms with van der Waals surface area (Å²) in [7, 11) is 0. The van der Waals surface area contributed by atoms with Crippen molar-refractivity contribution in [3.8, 4) is 11.5 Å². The molecule has 1 atom stereocenters. The smallest absolute Gasteiger partial charge is 0.133 e. The molecule has 0 radical (unpaired) electrons. The van der Waals surface area contributed by atoms with Crippen LogP contribution in [0.2, 0.25) is 0 Å². The molecule has 0 spiro atoms. The average molecular weight is 311 g/mol. The van der Waals surface area contributed by atoms with Crippen LogP contribution in [0.15, 0.2) is 46.9 Å². The minimum Gasteiger partial charge on any atom is -0.457 e. The Morgan fingerprint density at radius 3 is 2.61 bits per heavy atom. The Hall–Kier alpha value is -1.39. The van der Waals surface area contributed by atoms with Crippen molar-refractivity contribution in [1.82, 2.24) is 0 Å². The van der Waals surface area contributed by atoms with E-state index in [2.05, 4.69) is 15.9 Å². The van der Waals surface area contributed by atoms with Crippen LogP contribution in [0.1, 0.15) is 18.6 Å². The van der Waals surface area contributed by atoms with Crippen molar-refractivity contribution < 1.29 is 14.2 Å². The molecule has 94 valence electrons. The third-order valence-corrected chi connectivity index (χ3v) is 2.89. The number of hydrogen-bond acceptors (Lipinski definition) is 2. The molecule has 0 saturated carbocycles. The molecule has 4 heteroatoms. The van der Waals surface area contributed by atoms with Crippen LogP contribution >= 0.6 is 15.9 Å². The van der Waals surface area contributed by atoms with Gasteiger partial charge in [0.25, 0.3) is 0 Å². The molecule has 1 N–H and O–H groups in total. The molecular formula is C14H12BrFO2. The van der Waals surface area contributed by atoms with Gasteiger partial charge in [0.05, 0.1) is 6.10 Å². The first-order valence-corrected chi connectivity index (χ1v) is 6.26. The monoisotopic (exact) mass is 310 g/mol.